The lowest BCUT2D eigenvalue weighted by molar-refractivity contribution is -0.117. The number of methoxy groups -OCH3 is 2. The van der Waals surface area contributed by atoms with Crippen LogP contribution in [-0.4, -0.2) is 58.0 Å². The highest BCUT2D eigenvalue weighted by Crippen LogP contribution is 2.33. The number of carbonyl (C=O) groups excluding carboxylic acids is 1. The molecule has 2 N–H and O–H groups in total. The molecule has 0 atom stereocenters. The zero-order valence-corrected chi connectivity index (χ0v) is 14.9. The third-order valence-corrected chi connectivity index (χ3v) is 5.81. The van der Waals surface area contributed by atoms with E-state index in [1.165, 1.54) is 5.56 Å². The Morgan fingerprint density at radius 1 is 1.17 bits per heavy atom. The Morgan fingerprint density at radius 2 is 1.79 bits per heavy atom. The van der Waals surface area contributed by atoms with Gasteiger partial charge in [-0.3, -0.25) is 9.69 Å². The summed E-state index contributed by atoms with van der Waals surface area (Å²) in [5.74, 6) is 0.637. The minimum atomic E-state index is -3.26. The highest BCUT2D eigenvalue weighted by Gasteiger charge is 2.21. The molecule has 7 nitrogen and oxygen atoms in total. The van der Waals surface area contributed by atoms with Crippen LogP contribution in [0.4, 0.5) is 0 Å². The average molecular weight is 356 g/mol. The number of nitrogens with two attached hydrogens (primary N) is 1. The van der Waals surface area contributed by atoms with E-state index >= 15 is 0 Å². The molecular weight excluding hydrogens is 332 g/mol. The van der Waals surface area contributed by atoms with Crippen LogP contribution in [0, 0.1) is 0 Å². The number of benzene rings is 1. The number of hydrogen-bond acceptors (Lipinski definition) is 6. The summed E-state index contributed by atoms with van der Waals surface area (Å²) in [6.07, 6.45) is 0.708. The van der Waals surface area contributed by atoms with Gasteiger partial charge in [0.2, 0.25) is 5.91 Å². The number of sulfone groups is 1. The number of primary amides is 1. The first-order valence-electron chi connectivity index (χ1n) is 7.79. The van der Waals surface area contributed by atoms with Crippen LogP contribution < -0.4 is 15.2 Å². The summed E-state index contributed by atoms with van der Waals surface area (Å²) in [5, 5.41) is 0. The maximum atomic E-state index is 11.9. The molecule has 0 aromatic heterocycles. The van der Waals surface area contributed by atoms with Crippen molar-refractivity contribution in [2.45, 2.75) is 19.4 Å². The second kappa shape index (κ2) is 7.85. The van der Waals surface area contributed by atoms with Crippen LogP contribution in [0.1, 0.15) is 17.5 Å². The quantitative estimate of drug-likeness (QED) is 0.722. The van der Waals surface area contributed by atoms with Gasteiger partial charge in [-0.25, -0.2) is 8.42 Å². The van der Waals surface area contributed by atoms with Crippen LogP contribution >= 0.6 is 0 Å². The lowest BCUT2D eigenvalue weighted by atomic mass is 9.99. The van der Waals surface area contributed by atoms with E-state index in [1.807, 2.05) is 12.1 Å². The van der Waals surface area contributed by atoms with Gasteiger partial charge in [0.1, 0.15) is 0 Å². The molecule has 0 radical (unpaired) electrons. The molecule has 1 aromatic rings. The number of amides is 1. The van der Waals surface area contributed by atoms with Crippen molar-refractivity contribution >= 4 is 15.7 Å². The lowest BCUT2D eigenvalue weighted by Gasteiger charge is -2.29. The molecule has 0 fully saturated rings. The summed E-state index contributed by atoms with van der Waals surface area (Å²) in [6, 6.07) is 3.93. The Morgan fingerprint density at radius 3 is 2.38 bits per heavy atom. The van der Waals surface area contributed by atoms with Gasteiger partial charge in [-0.15, -0.1) is 0 Å². The van der Waals surface area contributed by atoms with Crippen LogP contribution in [0.3, 0.4) is 0 Å². The number of ether oxygens (including phenoxy) is 2. The topological polar surface area (TPSA) is 98.9 Å². The van der Waals surface area contributed by atoms with Gasteiger partial charge in [0.05, 0.1) is 25.7 Å². The number of rotatable bonds is 8. The molecule has 2 rings (SSSR count). The average Bonchev–Trinajstić information content (AvgIpc) is 2.57. The summed E-state index contributed by atoms with van der Waals surface area (Å²) in [5.41, 5.74) is 7.32. The zero-order valence-electron chi connectivity index (χ0n) is 14.1. The monoisotopic (exact) mass is 356 g/mol. The van der Waals surface area contributed by atoms with E-state index in [2.05, 4.69) is 4.90 Å². The smallest absolute Gasteiger partial charge is 0.218 e. The van der Waals surface area contributed by atoms with Crippen molar-refractivity contribution in [1.29, 1.82) is 0 Å². The molecular formula is C16H24N2O5S. The number of hydrogen-bond donors (Lipinski definition) is 1. The van der Waals surface area contributed by atoms with Crippen molar-refractivity contribution in [2.24, 2.45) is 5.73 Å². The van der Waals surface area contributed by atoms with Crippen LogP contribution in [-0.2, 0) is 27.6 Å². The van der Waals surface area contributed by atoms with Crippen LogP contribution in [0.15, 0.2) is 12.1 Å². The third-order valence-electron chi connectivity index (χ3n) is 4.18. The normalized spacial score (nSPS) is 14.9. The van der Waals surface area contributed by atoms with Gasteiger partial charge in [-0.2, -0.15) is 0 Å². The number of fused-ring (bicyclic) bond motifs is 1. The standard InChI is InChI=1S/C16H24N2O5S/c1-22-14-9-12-3-5-18(11-13(12)10-15(14)23-2)6-8-24(20,21)7-4-16(17)19/h9-10H,3-8,11H2,1-2H3,(H2,17,19). The molecule has 0 bridgehead atoms. The Hall–Kier alpha value is -1.80. The van der Waals surface area contributed by atoms with Crippen molar-refractivity contribution in [1.82, 2.24) is 4.90 Å². The highest BCUT2D eigenvalue weighted by molar-refractivity contribution is 7.91. The maximum Gasteiger partial charge on any atom is 0.218 e. The van der Waals surface area contributed by atoms with E-state index in [9.17, 15) is 13.2 Å². The molecule has 0 aliphatic carbocycles. The minimum Gasteiger partial charge on any atom is -0.493 e. The van der Waals surface area contributed by atoms with Crippen LogP contribution in [0.5, 0.6) is 11.5 Å². The van der Waals surface area contributed by atoms with E-state index in [1.54, 1.807) is 14.2 Å². The van der Waals surface area contributed by atoms with Gasteiger partial charge in [0.15, 0.2) is 21.3 Å². The van der Waals surface area contributed by atoms with E-state index < -0.39 is 15.7 Å². The van der Waals surface area contributed by atoms with Crippen LogP contribution in [0.2, 0.25) is 0 Å². The van der Waals surface area contributed by atoms with E-state index in [4.69, 9.17) is 15.2 Å². The molecule has 0 spiro atoms. The van der Waals surface area contributed by atoms with Gasteiger partial charge in [0.25, 0.3) is 0 Å². The maximum absolute atomic E-state index is 11.9. The van der Waals surface area contributed by atoms with E-state index in [0.717, 1.165) is 18.5 Å². The molecule has 1 heterocycles. The first kappa shape index (κ1) is 18.5. The molecule has 1 aliphatic heterocycles. The van der Waals surface area contributed by atoms with Gasteiger partial charge >= 0.3 is 0 Å². The fraction of sp³-hybridized carbons (Fsp3) is 0.562. The number of carbonyl (C=O) groups is 1. The van der Waals surface area contributed by atoms with Crippen molar-refractivity contribution in [3.8, 4) is 11.5 Å². The number of nitrogens with zero attached hydrogens (tertiary/aromatic N) is 1. The zero-order chi connectivity index (χ0) is 17.7. The van der Waals surface area contributed by atoms with Gasteiger partial charge in [-0.05, 0) is 29.7 Å². The van der Waals surface area contributed by atoms with Crippen molar-refractivity contribution in [3.05, 3.63) is 23.3 Å². The van der Waals surface area contributed by atoms with Crippen molar-refractivity contribution in [3.63, 3.8) is 0 Å². The second-order valence-corrected chi connectivity index (χ2v) is 8.17. The summed E-state index contributed by atoms with van der Waals surface area (Å²) in [4.78, 5) is 12.8. The Kier molecular flexibility index (Phi) is 6.06. The van der Waals surface area contributed by atoms with E-state index in [0.29, 0.717) is 24.6 Å². The molecule has 134 valence electrons. The Balaban J connectivity index is 1.98. The second-order valence-electron chi connectivity index (χ2n) is 5.87. The molecule has 1 amide bonds. The Labute approximate surface area is 142 Å². The molecule has 1 aromatic carbocycles. The fourth-order valence-electron chi connectivity index (χ4n) is 2.76. The molecule has 0 saturated carbocycles. The molecule has 1 aliphatic rings. The minimum absolute atomic E-state index is 0.0307. The predicted octanol–water partition coefficient (Wildman–Crippen LogP) is 0.352. The molecule has 0 unspecified atom stereocenters. The van der Waals surface area contributed by atoms with Gasteiger partial charge in [-0.1, -0.05) is 0 Å². The van der Waals surface area contributed by atoms with Crippen LogP contribution in [0.25, 0.3) is 0 Å². The van der Waals surface area contributed by atoms with E-state index in [-0.39, 0.29) is 17.9 Å². The SMILES string of the molecule is COc1cc2c(cc1OC)CN(CCS(=O)(=O)CCC(N)=O)CC2. The third kappa shape index (κ3) is 4.85. The summed E-state index contributed by atoms with van der Waals surface area (Å²) in [6.45, 7) is 1.89. The van der Waals surface area contributed by atoms with Crippen molar-refractivity contribution in [2.75, 3.05) is 38.8 Å². The van der Waals surface area contributed by atoms with Gasteiger partial charge < -0.3 is 15.2 Å². The first-order valence-corrected chi connectivity index (χ1v) is 9.61. The molecule has 24 heavy (non-hydrogen) atoms. The predicted molar refractivity (Wildman–Crippen MR) is 91.0 cm³/mol. The fourth-order valence-corrected chi connectivity index (χ4v) is 4.01. The largest absolute Gasteiger partial charge is 0.493 e. The first-order chi connectivity index (χ1) is 11.3. The summed E-state index contributed by atoms with van der Waals surface area (Å²) < 4.78 is 34.5. The van der Waals surface area contributed by atoms with Gasteiger partial charge in [0, 0.05) is 26.1 Å². The summed E-state index contributed by atoms with van der Waals surface area (Å²) in [7, 11) is -0.0632. The molecule has 8 heteroatoms. The Bertz CT molecular complexity index is 703. The molecule has 0 saturated heterocycles. The highest BCUT2D eigenvalue weighted by atomic mass is 32.2. The lowest BCUT2D eigenvalue weighted by Crippen LogP contribution is -2.35. The summed E-state index contributed by atoms with van der Waals surface area (Å²) >= 11 is 0. The van der Waals surface area contributed by atoms with Crippen molar-refractivity contribution < 1.29 is 22.7 Å².